The van der Waals surface area contributed by atoms with Gasteiger partial charge in [0, 0.05) is 37.1 Å². The zero-order valence-electron chi connectivity index (χ0n) is 17.9. The van der Waals surface area contributed by atoms with Crippen molar-refractivity contribution in [2.75, 3.05) is 22.6 Å². The summed E-state index contributed by atoms with van der Waals surface area (Å²) in [4.78, 5) is 27.2. The van der Waals surface area contributed by atoms with Gasteiger partial charge in [0.25, 0.3) is 0 Å². The van der Waals surface area contributed by atoms with Crippen molar-refractivity contribution in [1.82, 2.24) is 24.7 Å². The van der Waals surface area contributed by atoms with Gasteiger partial charge in [0.2, 0.25) is 11.9 Å². The Morgan fingerprint density at radius 2 is 2.10 bits per heavy atom. The lowest BCUT2D eigenvalue weighted by Crippen LogP contribution is -2.49. The molecule has 9 nitrogen and oxygen atoms in total. The van der Waals surface area contributed by atoms with Crippen LogP contribution in [0.1, 0.15) is 30.7 Å². The van der Waals surface area contributed by atoms with Crippen LogP contribution >= 0.6 is 0 Å². The highest BCUT2D eigenvalue weighted by Crippen LogP contribution is 2.34. The van der Waals surface area contributed by atoms with Gasteiger partial charge in [-0.2, -0.15) is 10.1 Å². The highest BCUT2D eigenvalue weighted by Gasteiger charge is 2.35. The smallest absolute Gasteiger partial charge is 0.247 e. The monoisotopic (exact) mass is 424 g/mol. The molecule has 0 radical (unpaired) electrons. The summed E-state index contributed by atoms with van der Waals surface area (Å²) in [5, 5.41) is 10.5. The quantitative estimate of drug-likeness (QED) is 0.627. The number of amides is 1. The molecule has 0 aromatic carbocycles. The lowest BCUT2D eigenvalue weighted by atomic mass is 9.99. The Hall–Kier alpha value is -3.56. The lowest BCUT2D eigenvalue weighted by molar-refractivity contribution is -0.118. The van der Waals surface area contributed by atoms with Gasteiger partial charge in [-0.25, -0.2) is 9.37 Å². The van der Waals surface area contributed by atoms with Crippen LogP contribution in [0.15, 0.2) is 30.9 Å². The van der Waals surface area contributed by atoms with E-state index in [1.54, 1.807) is 23.1 Å². The molecule has 3 aromatic heterocycles. The first-order valence-electron chi connectivity index (χ1n) is 10.1. The van der Waals surface area contributed by atoms with Gasteiger partial charge in [0.15, 0.2) is 5.82 Å². The Morgan fingerprint density at radius 3 is 2.84 bits per heavy atom. The largest absolute Gasteiger partial charge is 0.350 e. The molecule has 2 N–H and O–H groups in total. The lowest BCUT2D eigenvalue weighted by Gasteiger charge is -2.36. The van der Waals surface area contributed by atoms with E-state index < -0.39 is 0 Å². The first-order chi connectivity index (χ1) is 14.8. The molecule has 3 aromatic rings. The summed E-state index contributed by atoms with van der Waals surface area (Å²) in [7, 11) is 1.88. The second kappa shape index (κ2) is 8.29. The van der Waals surface area contributed by atoms with E-state index in [0.717, 1.165) is 5.56 Å². The number of halogens is 1. The van der Waals surface area contributed by atoms with Crippen molar-refractivity contribution in [3.8, 4) is 0 Å². The number of rotatable bonds is 6. The summed E-state index contributed by atoms with van der Waals surface area (Å²) in [5.41, 5.74) is 2.77. The zero-order chi connectivity index (χ0) is 22.1. The van der Waals surface area contributed by atoms with E-state index in [9.17, 15) is 9.18 Å². The van der Waals surface area contributed by atoms with Gasteiger partial charge in [-0.3, -0.25) is 14.5 Å². The third-order valence-corrected chi connectivity index (χ3v) is 5.30. The molecule has 0 saturated heterocycles. The molecule has 0 saturated carbocycles. The number of fused-ring (bicyclic) bond motifs is 1. The molecule has 10 heteroatoms. The summed E-state index contributed by atoms with van der Waals surface area (Å²) >= 11 is 0. The molecule has 0 spiro atoms. The molecule has 0 bridgehead atoms. The first kappa shape index (κ1) is 20.7. The number of pyridine rings is 1. The number of hydrogen-bond acceptors (Lipinski definition) is 7. The second-order valence-corrected chi connectivity index (χ2v) is 7.99. The molecule has 1 aliphatic heterocycles. The number of likely N-dealkylation sites (N-methyl/N-ethyl adjacent to an activating group) is 1. The van der Waals surface area contributed by atoms with E-state index in [4.69, 9.17) is 0 Å². The third-order valence-electron chi connectivity index (χ3n) is 5.30. The molecule has 1 aliphatic rings. The number of anilines is 3. The fraction of sp³-hybridized carbons (Fsp3) is 0.381. The molecule has 31 heavy (non-hydrogen) atoms. The molecule has 1 atom stereocenters. The van der Waals surface area contributed by atoms with Gasteiger partial charge in [-0.1, -0.05) is 13.8 Å². The van der Waals surface area contributed by atoms with Gasteiger partial charge in [0.05, 0.1) is 24.6 Å². The number of aryl methyl sites for hydroxylation is 1. The third kappa shape index (κ3) is 4.18. The summed E-state index contributed by atoms with van der Waals surface area (Å²) < 4.78 is 15.5. The average molecular weight is 424 g/mol. The molecule has 162 valence electrons. The molecule has 1 amide bonds. The summed E-state index contributed by atoms with van der Waals surface area (Å²) in [6, 6.07) is 1.35. The minimum Gasteiger partial charge on any atom is -0.350 e. The Balaban J connectivity index is 1.48. The molecule has 0 aliphatic carbocycles. The molecule has 4 heterocycles. The Kier molecular flexibility index (Phi) is 5.53. The Bertz CT molecular complexity index is 1110. The SMILES string of the molecule is Cc1nc(NCc2cnn(Cc3ccncc3F)c2)nc2c1NC(=O)C(C(C)C)N2C. The van der Waals surface area contributed by atoms with Gasteiger partial charge < -0.3 is 15.5 Å². The van der Waals surface area contributed by atoms with Gasteiger partial charge in [0.1, 0.15) is 17.5 Å². The second-order valence-electron chi connectivity index (χ2n) is 7.99. The minimum atomic E-state index is -0.355. The van der Waals surface area contributed by atoms with Crippen molar-refractivity contribution in [2.24, 2.45) is 5.92 Å². The van der Waals surface area contributed by atoms with E-state index in [2.05, 4.69) is 30.7 Å². The molecular weight excluding hydrogens is 399 g/mol. The summed E-state index contributed by atoms with van der Waals surface area (Å²) in [6.07, 6.45) is 6.32. The normalized spacial score (nSPS) is 15.7. The van der Waals surface area contributed by atoms with Crippen molar-refractivity contribution in [3.63, 3.8) is 0 Å². The van der Waals surface area contributed by atoms with Crippen LogP contribution in [0.2, 0.25) is 0 Å². The maximum Gasteiger partial charge on any atom is 0.247 e. The zero-order valence-corrected chi connectivity index (χ0v) is 17.9. The molecule has 0 fully saturated rings. The van der Waals surface area contributed by atoms with Crippen molar-refractivity contribution in [3.05, 3.63) is 53.5 Å². The fourth-order valence-electron chi connectivity index (χ4n) is 3.77. The van der Waals surface area contributed by atoms with Gasteiger partial charge in [-0.15, -0.1) is 0 Å². The topological polar surface area (TPSA) is 101 Å². The van der Waals surface area contributed by atoms with Crippen molar-refractivity contribution >= 4 is 23.4 Å². The maximum absolute atomic E-state index is 13.8. The highest BCUT2D eigenvalue weighted by atomic mass is 19.1. The predicted octanol–water partition coefficient (Wildman–Crippen LogP) is 2.59. The fourth-order valence-corrected chi connectivity index (χ4v) is 3.77. The van der Waals surface area contributed by atoms with Gasteiger partial charge >= 0.3 is 0 Å². The molecule has 4 rings (SSSR count). The number of carbonyl (C=O) groups is 1. The van der Waals surface area contributed by atoms with E-state index in [1.807, 2.05) is 38.9 Å². The van der Waals surface area contributed by atoms with Crippen LogP contribution in [0, 0.1) is 18.7 Å². The maximum atomic E-state index is 13.8. The van der Waals surface area contributed by atoms with E-state index in [1.165, 1.54) is 6.20 Å². The van der Waals surface area contributed by atoms with Crippen LogP contribution in [0.3, 0.4) is 0 Å². The van der Waals surface area contributed by atoms with Gasteiger partial charge in [-0.05, 0) is 18.9 Å². The number of nitrogens with zero attached hydrogens (tertiary/aromatic N) is 6. The Morgan fingerprint density at radius 1 is 1.29 bits per heavy atom. The molecular formula is C21H25FN8O. The van der Waals surface area contributed by atoms with Crippen LogP contribution in [0.4, 0.5) is 21.8 Å². The standard InChI is InChI=1S/C21H25FN8O/c1-12(2)18-20(31)27-17-13(3)26-21(28-19(17)29(18)4)24-7-14-8-25-30(10-14)11-15-5-6-23-9-16(15)22/h5-6,8-10,12,18H,7,11H2,1-4H3,(H,27,31)(H,24,26,28). The number of aromatic nitrogens is 5. The number of carbonyl (C=O) groups excluding carboxylic acids is 1. The van der Waals surface area contributed by atoms with Crippen LogP contribution in [0.5, 0.6) is 0 Å². The number of hydrogen-bond donors (Lipinski definition) is 2. The summed E-state index contributed by atoms with van der Waals surface area (Å²) in [6.45, 7) is 6.64. The van der Waals surface area contributed by atoms with Crippen LogP contribution in [-0.4, -0.2) is 43.7 Å². The first-order valence-corrected chi connectivity index (χ1v) is 10.1. The molecule has 1 unspecified atom stereocenters. The average Bonchev–Trinajstić information content (AvgIpc) is 3.16. The minimum absolute atomic E-state index is 0.0459. The Labute approximate surface area is 179 Å². The van der Waals surface area contributed by atoms with Crippen molar-refractivity contribution < 1.29 is 9.18 Å². The van der Waals surface area contributed by atoms with Crippen molar-refractivity contribution in [2.45, 2.75) is 39.9 Å². The van der Waals surface area contributed by atoms with E-state index in [0.29, 0.717) is 41.8 Å². The highest BCUT2D eigenvalue weighted by molar-refractivity contribution is 6.03. The summed E-state index contributed by atoms with van der Waals surface area (Å²) in [5.74, 6) is 0.898. The van der Waals surface area contributed by atoms with E-state index >= 15 is 0 Å². The van der Waals surface area contributed by atoms with E-state index in [-0.39, 0.29) is 23.7 Å². The number of nitrogens with one attached hydrogen (secondary N) is 2. The van der Waals surface area contributed by atoms with Crippen LogP contribution in [-0.2, 0) is 17.9 Å². The predicted molar refractivity (Wildman–Crippen MR) is 115 cm³/mol. The van der Waals surface area contributed by atoms with Crippen LogP contribution < -0.4 is 15.5 Å². The van der Waals surface area contributed by atoms with Crippen LogP contribution in [0.25, 0.3) is 0 Å². The van der Waals surface area contributed by atoms with Crippen molar-refractivity contribution in [1.29, 1.82) is 0 Å².